The van der Waals surface area contributed by atoms with Gasteiger partial charge in [-0.3, -0.25) is 0 Å². The summed E-state index contributed by atoms with van der Waals surface area (Å²) in [5.74, 6) is 0. The van der Waals surface area contributed by atoms with Crippen molar-refractivity contribution in [1.29, 1.82) is 0 Å². The first kappa shape index (κ1) is 17.2. The molecule has 0 amide bonds. The summed E-state index contributed by atoms with van der Waals surface area (Å²) in [6.07, 6.45) is 1.05. The molecule has 0 atom stereocenters. The summed E-state index contributed by atoms with van der Waals surface area (Å²) < 4.78 is 23.2. The Morgan fingerprint density at radius 3 is 1.62 bits per heavy atom. The fourth-order valence-electron chi connectivity index (χ4n) is 1.75. The maximum atomic E-state index is 11.6. The third-order valence-corrected chi connectivity index (χ3v) is 5.63. The Hall–Kier alpha value is -0.160. The molecule has 0 bridgehead atoms. The molecule has 0 aliphatic heterocycles. The predicted octanol–water partition coefficient (Wildman–Crippen LogP) is 6.02. The summed E-state index contributed by atoms with van der Waals surface area (Å²) in [5, 5.41) is 1.18. The maximum absolute atomic E-state index is 11.6. The van der Waals surface area contributed by atoms with E-state index < -0.39 is 9.84 Å². The second kappa shape index (κ2) is 6.15. The minimum atomic E-state index is -3.48. The first-order chi connectivity index (χ1) is 9.61. The van der Waals surface area contributed by atoms with Gasteiger partial charge in [0.05, 0.1) is 25.0 Å². The Labute approximate surface area is 147 Å². The third kappa shape index (κ3) is 3.61. The molecule has 0 N–H and O–H groups in total. The van der Waals surface area contributed by atoms with Crippen molar-refractivity contribution in [3.63, 3.8) is 0 Å². The highest BCUT2D eigenvalue weighted by Crippen LogP contribution is 2.40. The molecule has 0 aliphatic rings. The number of benzene rings is 2. The van der Waals surface area contributed by atoms with E-state index in [1.165, 1.54) is 18.2 Å². The molecule has 0 aliphatic carbocycles. The van der Waals surface area contributed by atoms with Crippen LogP contribution in [-0.2, 0) is 9.84 Å². The van der Waals surface area contributed by atoms with Crippen molar-refractivity contribution in [2.45, 2.75) is 4.90 Å². The van der Waals surface area contributed by atoms with Gasteiger partial charge in [-0.05, 0) is 24.3 Å². The van der Waals surface area contributed by atoms with Crippen LogP contribution in [0.1, 0.15) is 0 Å². The summed E-state index contributed by atoms with van der Waals surface area (Å²) >= 11 is 30.1. The molecule has 21 heavy (non-hydrogen) atoms. The molecular weight excluding hydrogens is 399 g/mol. The lowest BCUT2D eigenvalue weighted by Gasteiger charge is -2.11. The van der Waals surface area contributed by atoms with Gasteiger partial charge in [0.1, 0.15) is 0 Å². The van der Waals surface area contributed by atoms with Gasteiger partial charge in [0.2, 0.25) is 0 Å². The molecule has 0 saturated carbocycles. The second-order valence-electron chi connectivity index (χ2n) is 4.28. The van der Waals surface area contributed by atoms with Crippen LogP contribution in [0.15, 0.2) is 29.2 Å². The SMILES string of the molecule is [14CH3]S(=O)(=O)c1cc(Cl)c(-c2cc(Cl)c(Cl)cc2Cl)cc1Cl. The summed E-state index contributed by atoms with van der Waals surface area (Å²) in [6, 6.07) is 5.75. The number of halogens is 5. The van der Waals surface area contributed by atoms with Crippen LogP contribution in [0.5, 0.6) is 0 Å². The van der Waals surface area contributed by atoms with E-state index in [0.29, 0.717) is 26.2 Å². The second-order valence-corrected chi connectivity index (χ2v) is 8.30. The zero-order valence-corrected chi connectivity index (χ0v) is 15.0. The smallest absolute Gasteiger partial charge is 0.177 e. The lowest BCUT2D eigenvalue weighted by molar-refractivity contribution is 0.602. The summed E-state index contributed by atoms with van der Waals surface area (Å²) in [4.78, 5) is -0.0471. The molecule has 2 aromatic carbocycles. The Morgan fingerprint density at radius 1 is 0.667 bits per heavy atom. The highest BCUT2D eigenvalue weighted by molar-refractivity contribution is 7.90. The molecular formula is C13H7Cl5O2S. The molecule has 2 aromatic rings. The van der Waals surface area contributed by atoms with Gasteiger partial charge in [-0.1, -0.05) is 58.0 Å². The molecule has 0 aromatic heterocycles. The van der Waals surface area contributed by atoms with Crippen LogP contribution in [0.25, 0.3) is 11.1 Å². The van der Waals surface area contributed by atoms with Crippen molar-refractivity contribution in [2.75, 3.05) is 6.26 Å². The number of hydrogen-bond acceptors (Lipinski definition) is 2. The summed E-state index contributed by atoms with van der Waals surface area (Å²) in [7, 11) is -3.48. The minimum Gasteiger partial charge on any atom is -0.224 e. The van der Waals surface area contributed by atoms with Crippen molar-refractivity contribution >= 4 is 67.8 Å². The highest BCUT2D eigenvalue weighted by atomic mass is 35.5. The van der Waals surface area contributed by atoms with E-state index >= 15 is 0 Å². The molecule has 0 unspecified atom stereocenters. The van der Waals surface area contributed by atoms with E-state index in [1.807, 2.05) is 0 Å². The largest absolute Gasteiger partial charge is 0.224 e. The van der Waals surface area contributed by atoms with Crippen LogP contribution in [-0.4, -0.2) is 14.7 Å². The van der Waals surface area contributed by atoms with E-state index in [4.69, 9.17) is 58.0 Å². The van der Waals surface area contributed by atoms with Gasteiger partial charge in [-0.2, -0.15) is 0 Å². The van der Waals surface area contributed by atoms with Crippen LogP contribution < -0.4 is 0 Å². The predicted molar refractivity (Wildman–Crippen MR) is 90.0 cm³/mol. The monoisotopic (exact) mass is 404 g/mol. The maximum Gasteiger partial charge on any atom is 0.177 e. The van der Waals surface area contributed by atoms with Crippen LogP contribution in [0.2, 0.25) is 25.1 Å². The standard InChI is InChI=1S/C13H7Cl5O2S/c1-21(19,20)13-5-9(15)7(3-12(13)18)6-2-10(16)11(17)4-8(6)14/h2-5H,1H3/i1+2. The summed E-state index contributed by atoms with van der Waals surface area (Å²) in [6.45, 7) is 0. The minimum absolute atomic E-state index is 0.0471. The Bertz CT molecular complexity index is 831. The fourth-order valence-corrected chi connectivity index (χ4v) is 4.06. The zero-order chi connectivity index (χ0) is 15.9. The number of rotatable bonds is 2. The van der Waals surface area contributed by atoms with E-state index in [2.05, 4.69) is 0 Å². The average Bonchev–Trinajstić information content (AvgIpc) is 2.35. The van der Waals surface area contributed by atoms with E-state index in [1.54, 1.807) is 6.07 Å². The molecule has 0 fully saturated rings. The zero-order valence-electron chi connectivity index (χ0n) is 10.4. The molecule has 0 saturated heterocycles. The number of hydrogen-bond donors (Lipinski definition) is 0. The molecule has 0 spiro atoms. The van der Waals surface area contributed by atoms with Gasteiger partial charge in [-0.25, -0.2) is 8.42 Å². The van der Waals surface area contributed by atoms with E-state index in [0.717, 1.165) is 6.26 Å². The Morgan fingerprint density at radius 2 is 1.10 bits per heavy atom. The third-order valence-electron chi connectivity index (χ3n) is 2.72. The lowest BCUT2D eigenvalue weighted by atomic mass is 10.1. The van der Waals surface area contributed by atoms with Crippen molar-refractivity contribution in [3.05, 3.63) is 49.4 Å². The van der Waals surface area contributed by atoms with Crippen molar-refractivity contribution in [2.24, 2.45) is 0 Å². The van der Waals surface area contributed by atoms with Gasteiger partial charge in [0, 0.05) is 22.4 Å². The first-order valence-electron chi connectivity index (χ1n) is 5.45. The van der Waals surface area contributed by atoms with Crippen molar-refractivity contribution in [3.8, 4) is 11.1 Å². The van der Waals surface area contributed by atoms with Gasteiger partial charge in [0.15, 0.2) is 9.84 Å². The Kier molecular flexibility index (Phi) is 5.04. The van der Waals surface area contributed by atoms with Crippen LogP contribution in [0.3, 0.4) is 0 Å². The number of sulfone groups is 1. The van der Waals surface area contributed by atoms with Crippen molar-refractivity contribution in [1.82, 2.24) is 0 Å². The van der Waals surface area contributed by atoms with Gasteiger partial charge in [-0.15, -0.1) is 0 Å². The van der Waals surface area contributed by atoms with Gasteiger partial charge >= 0.3 is 0 Å². The highest BCUT2D eigenvalue weighted by Gasteiger charge is 2.18. The normalized spacial score (nSPS) is 11.7. The average molecular weight is 407 g/mol. The first-order valence-corrected chi connectivity index (χ1v) is 9.23. The quantitative estimate of drug-likeness (QED) is 0.571. The van der Waals surface area contributed by atoms with Gasteiger partial charge < -0.3 is 0 Å². The molecule has 2 nitrogen and oxygen atoms in total. The van der Waals surface area contributed by atoms with Crippen LogP contribution >= 0.6 is 58.0 Å². The summed E-state index contributed by atoms with van der Waals surface area (Å²) in [5.41, 5.74) is 0.982. The molecule has 112 valence electrons. The molecule has 0 heterocycles. The molecule has 2 rings (SSSR count). The van der Waals surface area contributed by atoms with Crippen molar-refractivity contribution < 1.29 is 8.42 Å². The Balaban J connectivity index is 2.72. The lowest BCUT2D eigenvalue weighted by Crippen LogP contribution is -1.99. The van der Waals surface area contributed by atoms with Crippen LogP contribution in [0, 0.1) is 0 Å². The topological polar surface area (TPSA) is 34.1 Å². The van der Waals surface area contributed by atoms with Gasteiger partial charge in [0.25, 0.3) is 0 Å². The van der Waals surface area contributed by atoms with E-state index in [-0.39, 0.29) is 14.9 Å². The fraction of sp³-hybridized carbons (Fsp3) is 0.0769. The molecule has 0 radical (unpaired) electrons. The van der Waals surface area contributed by atoms with E-state index in [9.17, 15) is 8.42 Å². The van der Waals surface area contributed by atoms with Crippen LogP contribution in [0.4, 0.5) is 0 Å². The molecule has 8 heteroatoms.